The average Bonchev–Trinajstić information content (AvgIpc) is 2.80. The second-order valence-electron chi connectivity index (χ2n) is 5.07. The lowest BCUT2D eigenvalue weighted by Gasteiger charge is -2.13. The van der Waals surface area contributed by atoms with Crippen LogP contribution in [0.25, 0.3) is 0 Å². The summed E-state index contributed by atoms with van der Waals surface area (Å²) in [5.41, 5.74) is 11.0. The van der Waals surface area contributed by atoms with Crippen molar-refractivity contribution in [2.24, 2.45) is 0 Å². The third kappa shape index (κ3) is 2.95. The van der Waals surface area contributed by atoms with Crippen molar-refractivity contribution in [1.82, 2.24) is 9.78 Å². The average molecular weight is 273 g/mol. The molecule has 4 heteroatoms. The van der Waals surface area contributed by atoms with E-state index in [1.54, 1.807) is 0 Å². The first-order valence-electron chi connectivity index (χ1n) is 7.10. The Bertz CT molecular complexity index is 579. The number of rotatable bonds is 5. The molecule has 0 saturated carbocycles. The lowest BCUT2D eigenvalue weighted by molar-refractivity contribution is 0.288. The van der Waals surface area contributed by atoms with Crippen LogP contribution < -0.4 is 10.5 Å². The van der Waals surface area contributed by atoms with Crippen LogP contribution in [0.2, 0.25) is 0 Å². The molecule has 0 saturated heterocycles. The second kappa shape index (κ2) is 5.99. The Morgan fingerprint density at radius 2 is 1.80 bits per heavy atom. The van der Waals surface area contributed by atoms with Crippen LogP contribution in [-0.2, 0) is 19.6 Å². The Morgan fingerprint density at radius 1 is 1.15 bits per heavy atom. The predicted molar refractivity (Wildman–Crippen MR) is 81.9 cm³/mol. The van der Waals surface area contributed by atoms with Gasteiger partial charge < -0.3 is 10.5 Å². The number of aromatic nitrogens is 2. The summed E-state index contributed by atoms with van der Waals surface area (Å²) in [5.74, 6) is 0.918. The van der Waals surface area contributed by atoms with E-state index in [-0.39, 0.29) is 0 Å². The van der Waals surface area contributed by atoms with E-state index in [0.29, 0.717) is 6.61 Å². The van der Waals surface area contributed by atoms with Gasteiger partial charge in [-0.3, -0.25) is 4.68 Å². The highest BCUT2D eigenvalue weighted by atomic mass is 16.5. The van der Waals surface area contributed by atoms with Crippen LogP contribution in [0.3, 0.4) is 0 Å². The molecule has 1 heterocycles. The zero-order chi connectivity index (χ0) is 14.7. The van der Waals surface area contributed by atoms with E-state index in [2.05, 4.69) is 25.0 Å². The molecule has 2 aromatic rings. The molecular formula is C16H23N3O. The summed E-state index contributed by atoms with van der Waals surface area (Å²) in [7, 11) is 0. The van der Waals surface area contributed by atoms with Gasteiger partial charge in [-0.1, -0.05) is 6.92 Å². The van der Waals surface area contributed by atoms with E-state index < -0.39 is 0 Å². The van der Waals surface area contributed by atoms with Gasteiger partial charge in [-0.2, -0.15) is 5.10 Å². The molecule has 108 valence electrons. The minimum atomic E-state index is 0.534. The molecule has 0 fully saturated rings. The van der Waals surface area contributed by atoms with Crippen molar-refractivity contribution in [3.63, 3.8) is 0 Å². The minimum absolute atomic E-state index is 0.534. The van der Waals surface area contributed by atoms with E-state index in [9.17, 15) is 0 Å². The predicted octanol–water partition coefficient (Wildman–Crippen LogP) is 3.24. The maximum atomic E-state index is 5.99. The molecule has 0 radical (unpaired) electrons. The quantitative estimate of drug-likeness (QED) is 0.851. The Balaban J connectivity index is 2.18. The summed E-state index contributed by atoms with van der Waals surface area (Å²) in [6.07, 6.45) is 0.944. The first-order chi connectivity index (χ1) is 9.55. The van der Waals surface area contributed by atoms with Crippen molar-refractivity contribution < 1.29 is 4.74 Å². The molecule has 0 aliphatic carbocycles. The molecule has 2 N–H and O–H groups in total. The third-order valence-electron chi connectivity index (χ3n) is 3.42. The molecule has 2 rings (SSSR count). The Kier molecular flexibility index (Phi) is 4.32. The summed E-state index contributed by atoms with van der Waals surface area (Å²) in [6, 6.07) is 6.00. The van der Waals surface area contributed by atoms with Gasteiger partial charge in [-0.25, -0.2) is 0 Å². The van der Waals surface area contributed by atoms with Crippen molar-refractivity contribution in [3.8, 4) is 5.75 Å². The first-order valence-corrected chi connectivity index (χ1v) is 7.10. The normalized spacial score (nSPS) is 10.8. The highest BCUT2D eigenvalue weighted by Gasteiger charge is 2.09. The van der Waals surface area contributed by atoms with Crippen molar-refractivity contribution in [1.29, 1.82) is 0 Å². The molecule has 0 atom stereocenters. The Labute approximate surface area is 120 Å². The van der Waals surface area contributed by atoms with E-state index in [1.165, 1.54) is 0 Å². The molecule has 0 amide bonds. The fourth-order valence-electron chi connectivity index (χ4n) is 2.44. The summed E-state index contributed by atoms with van der Waals surface area (Å²) in [4.78, 5) is 0. The maximum absolute atomic E-state index is 5.99. The number of ether oxygens (including phenoxy) is 1. The highest BCUT2D eigenvalue weighted by molar-refractivity contribution is 5.52. The van der Waals surface area contributed by atoms with Crippen molar-refractivity contribution >= 4 is 5.69 Å². The van der Waals surface area contributed by atoms with Crippen molar-refractivity contribution in [2.45, 2.75) is 47.3 Å². The van der Waals surface area contributed by atoms with Crippen LogP contribution >= 0.6 is 0 Å². The minimum Gasteiger partial charge on any atom is -0.487 e. The molecule has 0 aliphatic heterocycles. The lowest BCUT2D eigenvalue weighted by atomic mass is 10.1. The number of anilines is 1. The van der Waals surface area contributed by atoms with Crippen LogP contribution in [0.1, 0.15) is 36.4 Å². The molecule has 20 heavy (non-hydrogen) atoms. The molecule has 0 aliphatic rings. The Hall–Kier alpha value is -1.97. The van der Waals surface area contributed by atoms with Gasteiger partial charge in [0.05, 0.1) is 11.4 Å². The van der Waals surface area contributed by atoms with Gasteiger partial charge in [0.2, 0.25) is 0 Å². The fourth-order valence-corrected chi connectivity index (χ4v) is 2.44. The molecule has 1 aromatic heterocycles. The van der Waals surface area contributed by atoms with Crippen LogP contribution in [0.4, 0.5) is 5.69 Å². The third-order valence-corrected chi connectivity index (χ3v) is 3.42. The second-order valence-corrected chi connectivity index (χ2v) is 5.07. The number of nitrogen functional groups attached to an aromatic ring is 1. The van der Waals surface area contributed by atoms with Crippen molar-refractivity contribution in [2.75, 3.05) is 5.73 Å². The fraction of sp³-hybridized carbons (Fsp3) is 0.438. The van der Waals surface area contributed by atoms with E-state index in [0.717, 1.165) is 46.9 Å². The molecular weight excluding hydrogens is 250 g/mol. The SMILES string of the molecule is CCc1cc(COc2c(C)cc(N)cc2C)n(CC)n1. The molecule has 0 spiro atoms. The smallest absolute Gasteiger partial charge is 0.130 e. The number of aryl methyl sites for hydroxylation is 4. The monoisotopic (exact) mass is 273 g/mol. The van der Waals surface area contributed by atoms with Crippen LogP contribution in [0.15, 0.2) is 18.2 Å². The van der Waals surface area contributed by atoms with Gasteiger partial charge in [-0.05, 0) is 56.5 Å². The van der Waals surface area contributed by atoms with Gasteiger partial charge in [0.15, 0.2) is 0 Å². The molecule has 4 nitrogen and oxygen atoms in total. The highest BCUT2D eigenvalue weighted by Crippen LogP contribution is 2.26. The van der Waals surface area contributed by atoms with Gasteiger partial charge in [-0.15, -0.1) is 0 Å². The molecule has 1 aromatic carbocycles. The van der Waals surface area contributed by atoms with Crippen LogP contribution in [-0.4, -0.2) is 9.78 Å². The zero-order valence-corrected chi connectivity index (χ0v) is 12.7. The topological polar surface area (TPSA) is 53.1 Å². The standard InChI is InChI=1S/C16H23N3O/c1-5-14-9-15(19(6-2)18-14)10-20-16-11(3)7-13(17)8-12(16)4/h7-9H,5-6,10,17H2,1-4H3. The summed E-state index contributed by atoms with van der Waals surface area (Å²) < 4.78 is 7.99. The van der Waals surface area contributed by atoms with Gasteiger partial charge in [0, 0.05) is 12.2 Å². The number of hydrogen-bond donors (Lipinski definition) is 1. The lowest BCUT2D eigenvalue weighted by Crippen LogP contribution is -2.07. The first kappa shape index (κ1) is 14.4. The van der Waals surface area contributed by atoms with E-state index in [4.69, 9.17) is 10.5 Å². The summed E-state index contributed by atoms with van der Waals surface area (Å²) >= 11 is 0. The van der Waals surface area contributed by atoms with Crippen LogP contribution in [0, 0.1) is 13.8 Å². The summed E-state index contributed by atoms with van der Waals surface area (Å²) in [6.45, 7) is 9.64. The van der Waals surface area contributed by atoms with Gasteiger partial charge in [0.25, 0.3) is 0 Å². The van der Waals surface area contributed by atoms with E-state index in [1.807, 2.05) is 30.7 Å². The number of nitrogens with zero attached hydrogens (tertiary/aromatic N) is 2. The van der Waals surface area contributed by atoms with Crippen LogP contribution in [0.5, 0.6) is 5.75 Å². The zero-order valence-electron chi connectivity index (χ0n) is 12.7. The molecule has 0 unspecified atom stereocenters. The Morgan fingerprint density at radius 3 is 2.35 bits per heavy atom. The molecule has 0 bridgehead atoms. The van der Waals surface area contributed by atoms with Crippen molar-refractivity contribution in [3.05, 3.63) is 40.7 Å². The largest absolute Gasteiger partial charge is 0.487 e. The number of hydrogen-bond acceptors (Lipinski definition) is 3. The maximum Gasteiger partial charge on any atom is 0.130 e. The van der Waals surface area contributed by atoms with Gasteiger partial charge in [0.1, 0.15) is 12.4 Å². The summed E-state index contributed by atoms with van der Waals surface area (Å²) in [5, 5.41) is 4.54. The van der Waals surface area contributed by atoms with Gasteiger partial charge >= 0.3 is 0 Å². The number of benzene rings is 1. The number of nitrogens with two attached hydrogens (primary N) is 1. The van der Waals surface area contributed by atoms with E-state index >= 15 is 0 Å².